The molecule has 0 heterocycles. The van der Waals surface area contributed by atoms with E-state index in [0.717, 1.165) is 5.56 Å². The first-order valence-electron chi connectivity index (χ1n) is 6.49. The molecule has 0 bridgehead atoms. The molecule has 110 valence electrons. The van der Waals surface area contributed by atoms with Crippen molar-refractivity contribution in [2.45, 2.75) is 12.5 Å². The number of benzene rings is 1. The van der Waals surface area contributed by atoms with Crippen LogP contribution in [0.1, 0.15) is 18.0 Å². The number of nitrogens with one attached hydrogen (secondary N) is 2. The van der Waals surface area contributed by atoms with E-state index in [0.29, 0.717) is 13.2 Å². The van der Waals surface area contributed by atoms with E-state index in [-0.39, 0.29) is 24.8 Å². The van der Waals surface area contributed by atoms with Gasteiger partial charge in [0.1, 0.15) is 6.04 Å². The van der Waals surface area contributed by atoms with Crippen LogP contribution in [0.3, 0.4) is 0 Å². The van der Waals surface area contributed by atoms with Gasteiger partial charge in [-0.1, -0.05) is 30.3 Å². The molecule has 0 unspecified atom stereocenters. The van der Waals surface area contributed by atoms with Gasteiger partial charge in [-0.15, -0.1) is 0 Å². The summed E-state index contributed by atoms with van der Waals surface area (Å²) in [6, 6.07) is 8.38. The van der Waals surface area contributed by atoms with Crippen LogP contribution >= 0.6 is 0 Å². The van der Waals surface area contributed by atoms with Gasteiger partial charge in [-0.05, 0) is 5.56 Å². The molecule has 1 rings (SSSR count). The number of methoxy groups -OCH3 is 1. The third kappa shape index (κ3) is 5.81. The van der Waals surface area contributed by atoms with Gasteiger partial charge in [0, 0.05) is 26.6 Å². The van der Waals surface area contributed by atoms with Crippen molar-refractivity contribution in [3.05, 3.63) is 35.9 Å². The summed E-state index contributed by atoms with van der Waals surface area (Å²) in [5.74, 6) is -0.420. The molecule has 1 aromatic carbocycles. The van der Waals surface area contributed by atoms with Crippen molar-refractivity contribution in [2.24, 2.45) is 5.73 Å². The highest BCUT2D eigenvalue weighted by Gasteiger charge is 2.14. The first kappa shape index (κ1) is 16.1. The van der Waals surface area contributed by atoms with Crippen molar-refractivity contribution < 1.29 is 14.3 Å². The lowest BCUT2D eigenvalue weighted by Gasteiger charge is -2.12. The predicted molar refractivity (Wildman–Crippen MR) is 75.9 cm³/mol. The van der Waals surface area contributed by atoms with Crippen molar-refractivity contribution >= 4 is 11.8 Å². The van der Waals surface area contributed by atoms with E-state index in [1.807, 2.05) is 18.2 Å². The van der Waals surface area contributed by atoms with Crippen LogP contribution in [-0.4, -0.2) is 38.6 Å². The Kier molecular flexibility index (Phi) is 7.31. The van der Waals surface area contributed by atoms with E-state index in [1.54, 1.807) is 19.2 Å². The van der Waals surface area contributed by atoms with Gasteiger partial charge < -0.3 is 21.1 Å². The van der Waals surface area contributed by atoms with Crippen molar-refractivity contribution in [3.8, 4) is 0 Å². The third-order valence-electron chi connectivity index (χ3n) is 2.72. The van der Waals surface area contributed by atoms with Crippen LogP contribution < -0.4 is 16.4 Å². The van der Waals surface area contributed by atoms with Crippen LogP contribution in [0.4, 0.5) is 0 Å². The molecule has 2 amide bonds. The molecule has 1 atom stereocenters. The van der Waals surface area contributed by atoms with E-state index in [1.165, 1.54) is 0 Å². The second kappa shape index (κ2) is 9.06. The lowest BCUT2D eigenvalue weighted by Crippen LogP contribution is -2.37. The Morgan fingerprint density at radius 2 is 1.90 bits per heavy atom. The average molecular weight is 279 g/mol. The monoisotopic (exact) mass is 279 g/mol. The second-order valence-electron chi connectivity index (χ2n) is 4.27. The SMILES string of the molecule is COCCNC(=O)CCNC(=O)[C@@H](N)c1ccccc1. The van der Waals surface area contributed by atoms with Gasteiger partial charge >= 0.3 is 0 Å². The number of rotatable bonds is 8. The van der Waals surface area contributed by atoms with E-state index >= 15 is 0 Å². The maximum Gasteiger partial charge on any atom is 0.241 e. The Morgan fingerprint density at radius 1 is 1.20 bits per heavy atom. The molecule has 0 aromatic heterocycles. The number of nitrogens with two attached hydrogens (primary N) is 1. The van der Waals surface area contributed by atoms with Gasteiger partial charge in [0.25, 0.3) is 0 Å². The highest BCUT2D eigenvalue weighted by molar-refractivity contribution is 5.83. The summed E-state index contributed by atoms with van der Waals surface area (Å²) in [7, 11) is 1.57. The molecular weight excluding hydrogens is 258 g/mol. The summed E-state index contributed by atoms with van der Waals surface area (Å²) in [5.41, 5.74) is 6.57. The van der Waals surface area contributed by atoms with E-state index in [9.17, 15) is 9.59 Å². The Balaban J connectivity index is 2.24. The van der Waals surface area contributed by atoms with Gasteiger partial charge in [-0.25, -0.2) is 0 Å². The Morgan fingerprint density at radius 3 is 2.55 bits per heavy atom. The van der Waals surface area contributed by atoms with Crippen molar-refractivity contribution in [1.82, 2.24) is 10.6 Å². The average Bonchev–Trinajstić information content (AvgIpc) is 2.47. The molecule has 0 aliphatic rings. The normalized spacial score (nSPS) is 11.7. The molecule has 4 N–H and O–H groups in total. The number of carbonyl (C=O) groups is 2. The summed E-state index contributed by atoms with van der Waals surface area (Å²) < 4.78 is 4.81. The molecule has 0 saturated heterocycles. The first-order chi connectivity index (χ1) is 9.65. The number of ether oxygens (including phenoxy) is 1. The summed E-state index contributed by atoms with van der Waals surface area (Å²) >= 11 is 0. The minimum absolute atomic E-state index is 0.129. The van der Waals surface area contributed by atoms with Crippen molar-refractivity contribution in [1.29, 1.82) is 0 Å². The second-order valence-corrected chi connectivity index (χ2v) is 4.27. The van der Waals surface area contributed by atoms with Crippen LogP contribution in [0.25, 0.3) is 0 Å². The Bertz CT molecular complexity index is 423. The molecule has 0 fully saturated rings. The summed E-state index contributed by atoms with van der Waals surface area (Å²) in [6.45, 7) is 1.20. The van der Waals surface area contributed by atoms with Crippen LogP contribution in [0.5, 0.6) is 0 Å². The molecule has 6 nitrogen and oxygen atoms in total. The lowest BCUT2D eigenvalue weighted by atomic mass is 10.1. The quantitative estimate of drug-likeness (QED) is 0.582. The minimum atomic E-state index is -0.715. The van der Waals surface area contributed by atoms with Gasteiger partial charge in [-0.2, -0.15) is 0 Å². The molecule has 6 heteroatoms. The summed E-state index contributed by atoms with van der Waals surface area (Å²) in [6.07, 6.45) is 0.219. The highest BCUT2D eigenvalue weighted by Crippen LogP contribution is 2.08. The Hall–Kier alpha value is -1.92. The van der Waals surface area contributed by atoms with Gasteiger partial charge in [0.15, 0.2) is 0 Å². The van der Waals surface area contributed by atoms with Crippen LogP contribution in [-0.2, 0) is 14.3 Å². The van der Waals surface area contributed by atoms with Gasteiger partial charge in [0.05, 0.1) is 6.61 Å². The zero-order chi connectivity index (χ0) is 14.8. The Labute approximate surface area is 118 Å². The molecule has 20 heavy (non-hydrogen) atoms. The number of amides is 2. The van der Waals surface area contributed by atoms with E-state index < -0.39 is 6.04 Å². The zero-order valence-electron chi connectivity index (χ0n) is 11.6. The fraction of sp³-hybridized carbons (Fsp3) is 0.429. The summed E-state index contributed by atoms with van der Waals surface area (Å²) in [5, 5.41) is 5.32. The maximum absolute atomic E-state index is 11.8. The van der Waals surface area contributed by atoms with E-state index in [4.69, 9.17) is 10.5 Å². The van der Waals surface area contributed by atoms with Gasteiger partial charge in [-0.3, -0.25) is 9.59 Å². The molecule has 0 radical (unpaired) electrons. The fourth-order valence-corrected chi connectivity index (χ4v) is 1.60. The van der Waals surface area contributed by atoms with Crippen LogP contribution in [0.2, 0.25) is 0 Å². The van der Waals surface area contributed by atoms with Gasteiger partial charge in [0.2, 0.25) is 11.8 Å². The van der Waals surface area contributed by atoms with Crippen LogP contribution in [0, 0.1) is 0 Å². The van der Waals surface area contributed by atoms with Crippen molar-refractivity contribution in [2.75, 3.05) is 26.8 Å². The minimum Gasteiger partial charge on any atom is -0.383 e. The predicted octanol–water partition coefficient (Wildman–Crippen LogP) is -0.0447. The van der Waals surface area contributed by atoms with Crippen molar-refractivity contribution in [3.63, 3.8) is 0 Å². The number of hydrogen-bond donors (Lipinski definition) is 3. The summed E-state index contributed by atoms with van der Waals surface area (Å²) in [4.78, 5) is 23.2. The maximum atomic E-state index is 11.8. The highest BCUT2D eigenvalue weighted by atomic mass is 16.5. The molecule has 0 aliphatic carbocycles. The fourth-order valence-electron chi connectivity index (χ4n) is 1.60. The topological polar surface area (TPSA) is 93.5 Å². The number of hydrogen-bond acceptors (Lipinski definition) is 4. The molecular formula is C14H21N3O3. The number of carbonyl (C=O) groups excluding carboxylic acids is 2. The van der Waals surface area contributed by atoms with Crippen LogP contribution in [0.15, 0.2) is 30.3 Å². The standard InChI is InChI=1S/C14H21N3O3/c1-20-10-9-16-12(18)7-8-17-14(19)13(15)11-5-3-2-4-6-11/h2-6,13H,7-10,15H2,1H3,(H,16,18)(H,17,19)/t13-/m0/s1. The smallest absolute Gasteiger partial charge is 0.241 e. The zero-order valence-corrected chi connectivity index (χ0v) is 11.6. The largest absolute Gasteiger partial charge is 0.383 e. The van der Waals surface area contributed by atoms with E-state index in [2.05, 4.69) is 10.6 Å². The molecule has 0 saturated carbocycles. The molecule has 0 spiro atoms. The molecule has 0 aliphatic heterocycles. The third-order valence-corrected chi connectivity index (χ3v) is 2.72. The first-order valence-corrected chi connectivity index (χ1v) is 6.49. The lowest BCUT2D eigenvalue weighted by molar-refractivity contribution is -0.123. The molecule has 1 aromatic rings.